The van der Waals surface area contributed by atoms with Gasteiger partial charge in [0.2, 0.25) is 0 Å². The fourth-order valence-electron chi connectivity index (χ4n) is 0.824. The maximum Gasteiger partial charge on any atom is 2.00 e. The van der Waals surface area contributed by atoms with E-state index in [1.54, 1.807) is 0 Å². The molecule has 0 nitrogen and oxygen atoms in total. The van der Waals surface area contributed by atoms with Crippen LogP contribution in [0.5, 0.6) is 0 Å². The second kappa shape index (κ2) is 8.12. The Labute approximate surface area is 94.7 Å². The zero-order chi connectivity index (χ0) is 8.65. The van der Waals surface area contributed by atoms with Gasteiger partial charge in [0.25, 0.3) is 0 Å². The zero-order valence-corrected chi connectivity index (χ0v) is 8.99. The van der Waals surface area contributed by atoms with E-state index in [4.69, 9.17) is 11.6 Å². The van der Waals surface area contributed by atoms with E-state index in [0.717, 1.165) is 0 Å². The molecular formula is C11H11ClFe. The SMILES string of the molecule is ClC[c-]1cccc1.[Fe+2].c1cc[cH-]c1. The smallest absolute Gasteiger partial charge is 0.214 e. The van der Waals surface area contributed by atoms with Gasteiger partial charge in [0.15, 0.2) is 0 Å². The van der Waals surface area contributed by atoms with Crippen LogP contribution in [0.2, 0.25) is 0 Å². The van der Waals surface area contributed by atoms with E-state index in [1.807, 2.05) is 54.6 Å². The molecule has 0 aliphatic heterocycles. The molecule has 0 amide bonds. The fourth-order valence-corrected chi connectivity index (χ4v) is 1.00. The molecule has 2 rings (SSSR count). The number of hydrogen-bond donors (Lipinski definition) is 0. The Morgan fingerprint density at radius 1 is 1.00 bits per heavy atom. The number of alkyl halides is 1. The largest absolute Gasteiger partial charge is 2.00 e. The van der Waals surface area contributed by atoms with Crippen LogP contribution in [0.25, 0.3) is 0 Å². The molecule has 0 saturated carbocycles. The van der Waals surface area contributed by atoms with Crippen molar-refractivity contribution in [3.8, 4) is 0 Å². The predicted molar refractivity (Wildman–Crippen MR) is 53.6 cm³/mol. The van der Waals surface area contributed by atoms with Gasteiger partial charge in [0.05, 0.1) is 0 Å². The monoisotopic (exact) mass is 234 g/mol. The number of hydrogen-bond acceptors (Lipinski definition) is 0. The summed E-state index contributed by atoms with van der Waals surface area (Å²) in [5.74, 6) is 0.632. The van der Waals surface area contributed by atoms with Gasteiger partial charge in [-0.25, -0.2) is 24.3 Å². The molecule has 0 saturated heterocycles. The molecule has 2 aromatic carbocycles. The molecule has 2 aromatic rings. The summed E-state index contributed by atoms with van der Waals surface area (Å²) in [5, 5.41) is 0. The predicted octanol–water partition coefficient (Wildman–Crippen LogP) is 3.55. The van der Waals surface area contributed by atoms with Crippen LogP contribution in [0.3, 0.4) is 0 Å². The van der Waals surface area contributed by atoms with Crippen LogP contribution in [0.4, 0.5) is 0 Å². The molecule has 0 atom stereocenters. The first-order valence-electron chi connectivity index (χ1n) is 3.86. The van der Waals surface area contributed by atoms with Crippen molar-refractivity contribution in [2.75, 3.05) is 0 Å². The topological polar surface area (TPSA) is 0 Å². The van der Waals surface area contributed by atoms with Crippen molar-refractivity contribution < 1.29 is 17.1 Å². The Bertz CT molecular complexity index is 241. The van der Waals surface area contributed by atoms with Gasteiger partial charge in [0, 0.05) is 5.88 Å². The van der Waals surface area contributed by atoms with Crippen molar-refractivity contribution in [2.45, 2.75) is 5.88 Å². The van der Waals surface area contributed by atoms with E-state index in [2.05, 4.69) is 0 Å². The van der Waals surface area contributed by atoms with Crippen LogP contribution in [-0.4, -0.2) is 0 Å². The van der Waals surface area contributed by atoms with Gasteiger partial charge in [-0.2, -0.15) is 30.3 Å². The Hall–Kier alpha value is -0.491. The first-order valence-corrected chi connectivity index (χ1v) is 4.40. The molecule has 2 heteroatoms. The quantitative estimate of drug-likeness (QED) is 0.402. The Morgan fingerprint density at radius 2 is 1.54 bits per heavy atom. The molecule has 0 aliphatic carbocycles. The molecule has 0 fully saturated rings. The van der Waals surface area contributed by atoms with Crippen LogP contribution in [0.15, 0.2) is 54.6 Å². The minimum atomic E-state index is 0. The van der Waals surface area contributed by atoms with E-state index in [9.17, 15) is 0 Å². The molecule has 0 N–H and O–H groups in total. The molecule has 0 unspecified atom stereocenters. The van der Waals surface area contributed by atoms with Crippen molar-refractivity contribution in [1.29, 1.82) is 0 Å². The molecule has 13 heavy (non-hydrogen) atoms. The first-order chi connectivity index (χ1) is 5.93. The van der Waals surface area contributed by atoms with Crippen LogP contribution < -0.4 is 0 Å². The van der Waals surface area contributed by atoms with E-state index in [0.29, 0.717) is 5.88 Å². The summed E-state index contributed by atoms with van der Waals surface area (Å²) in [4.78, 5) is 0. The van der Waals surface area contributed by atoms with Crippen molar-refractivity contribution >= 4 is 11.6 Å². The van der Waals surface area contributed by atoms with E-state index in [1.165, 1.54) is 5.56 Å². The minimum absolute atomic E-state index is 0. The third-order valence-corrected chi connectivity index (χ3v) is 1.75. The average Bonchev–Trinajstić information content (AvgIpc) is 2.81. The summed E-state index contributed by atoms with van der Waals surface area (Å²) in [6.45, 7) is 0. The van der Waals surface area contributed by atoms with Crippen molar-refractivity contribution in [2.24, 2.45) is 0 Å². The fraction of sp³-hybridized carbons (Fsp3) is 0.0909. The van der Waals surface area contributed by atoms with Gasteiger partial charge in [0.1, 0.15) is 0 Å². The van der Waals surface area contributed by atoms with Crippen LogP contribution in [-0.2, 0) is 22.9 Å². The Morgan fingerprint density at radius 3 is 1.77 bits per heavy atom. The summed E-state index contributed by atoms with van der Waals surface area (Å²) in [6.07, 6.45) is 0. The van der Waals surface area contributed by atoms with Crippen LogP contribution >= 0.6 is 11.6 Å². The molecule has 0 spiro atoms. The van der Waals surface area contributed by atoms with Gasteiger partial charge >= 0.3 is 17.1 Å². The molecule has 0 aliphatic rings. The Kier molecular flexibility index (Phi) is 7.82. The summed E-state index contributed by atoms with van der Waals surface area (Å²) in [6, 6.07) is 18.0. The zero-order valence-electron chi connectivity index (χ0n) is 7.13. The van der Waals surface area contributed by atoms with Crippen LogP contribution in [0, 0.1) is 0 Å². The molecular weight excluding hydrogens is 223 g/mol. The molecule has 0 aromatic heterocycles. The maximum absolute atomic E-state index is 5.47. The first kappa shape index (κ1) is 12.5. The van der Waals surface area contributed by atoms with E-state index in [-0.39, 0.29) is 17.1 Å². The second-order valence-corrected chi connectivity index (χ2v) is 2.66. The summed E-state index contributed by atoms with van der Waals surface area (Å²) < 4.78 is 0. The third-order valence-electron chi connectivity index (χ3n) is 1.44. The minimum Gasteiger partial charge on any atom is -0.214 e. The van der Waals surface area contributed by atoms with Gasteiger partial charge in [-0.1, -0.05) is 0 Å². The van der Waals surface area contributed by atoms with Crippen molar-refractivity contribution in [3.05, 3.63) is 60.2 Å². The number of halogens is 1. The summed E-state index contributed by atoms with van der Waals surface area (Å²) in [5.41, 5.74) is 1.20. The van der Waals surface area contributed by atoms with Crippen molar-refractivity contribution in [1.82, 2.24) is 0 Å². The molecule has 0 heterocycles. The van der Waals surface area contributed by atoms with Gasteiger partial charge in [-0.05, 0) is 0 Å². The normalized spacial score (nSPS) is 8.08. The van der Waals surface area contributed by atoms with Crippen LogP contribution in [0.1, 0.15) is 5.56 Å². The standard InChI is InChI=1S/C6H6Cl.C5H5.Fe/c7-5-6-3-1-2-4-6;1-2-4-5-3-1;/h1-4H,5H2;1-5H;/q2*-1;+2. The maximum atomic E-state index is 5.47. The van der Waals surface area contributed by atoms with Gasteiger partial charge in [-0.3, -0.25) is 0 Å². The molecule has 0 radical (unpaired) electrons. The summed E-state index contributed by atoms with van der Waals surface area (Å²) >= 11 is 5.47. The Balaban J connectivity index is 0.000000215. The van der Waals surface area contributed by atoms with Gasteiger partial charge < -0.3 is 0 Å². The average molecular weight is 235 g/mol. The second-order valence-electron chi connectivity index (χ2n) is 2.39. The number of rotatable bonds is 1. The van der Waals surface area contributed by atoms with Crippen molar-refractivity contribution in [3.63, 3.8) is 0 Å². The summed E-state index contributed by atoms with van der Waals surface area (Å²) in [7, 11) is 0. The van der Waals surface area contributed by atoms with E-state index < -0.39 is 0 Å². The van der Waals surface area contributed by atoms with Gasteiger partial charge in [-0.15, -0.1) is 17.2 Å². The molecule has 70 valence electrons. The van der Waals surface area contributed by atoms with E-state index >= 15 is 0 Å². The molecule has 0 bridgehead atoms. The third kappa shape index (κ3) is 5.70.